The van der Waals surface area contributed by atoms with Gasteiger partial charge in [0.05, 0.1) is 5.92 Å². The van der Waals surface area contributed by atoms with Crippen LogP contribution in [0.5, 0.6) is 0 Å². The van der Waals surface area contributed by atoms with E-state index in [0.29, 0.717) is 6.42 Å². The fourth-order valence-electron chi connectivity index (χ4n) is 2.14. The number of hydrogen-bond donors (Lipinski definition) is 2. The van der Waals surface area contributed by atoms with Crippen molar-refractivity contribution in [2.45, 2.75) is 53.5 Å². The number of amides is 2. The maximum Gasteiger partial charge on any atom is 0.224 e. The Morgan fingerprint density at radius 1 is 1.18 bits per heavy atom. The Morgan fingerprint density at radius 2 is 1.71 bits per heavy atom. The average Bonchev–Trinajstić information content (AvgIpc) is 2.14. The zero-order chi connectivity index (χ0) is 13.6. The third kappa shape index (κ3) is 5.20. The maximum absolute atomic E-state index is 12.1. The summed E-state index contributed by atoms with van der Waals surface area (Å²) in [6, 6.07) is 0.0823. The predicted molar refractivity (Wildman–Crippen MR) is 69.2 cm³/mol. The van der Waals surface area contributed by atoms with E-state index < -0.39 is 0 Å². The number of carbonyl (C=O) groups excluding carboxylic acids is 2. The fourth-order valence-corrected chi connectivity index (χ4v) is 2.14. The van der Waals surface area contributed by atoms with E-state index in [9.17, 15) is 9.59 Å². The van der Waals surface area contributed by atoms with Crippen molar-refractivity contribution in [2.24, 2.45) is 23.5 Å². The highest BCUT2D eigenvalue weighted by Gasteiger charge is 2.34. The topological polar surface area (TPSA) is 72.2 Å². The first kappa shape index (κ1) is 15.9. The third-order valence-corrected chi connectivity index (χ3v) is 2.85. The summed E-state index contributed by atoms with van der Waals surface area (Å²) < 4.78 is 0. The molecule has 0 saturated carbocycles. The van der Waals surface area contributed by atoms with Gasteiger partial charge in [-0.1, -0.05) is 27.2 Å². The molecule has 0 aliphatic carbocycles. The molecule has 0 bridgehead atoms. The van der Waals surface area contributed by atoms with Crippen molar-refractivity contribution in [2.75, 3.05) is 0 Å². The summed E-state index contributed by atoms with van der Waals surface area (Å²) >= 11 is 0. The van der Waals surface area contributed by atoms with E-state index in [4.69, 9.17) is 5.73 Å². The van der Waals surface area contributed by atoms with Crippen LogP contribution < -0.4 is 11.1 Å². The van der Waals surface area contributed by atoms with Crippen molar-refractivity contribution in [1.29, 1.82) is 0 Å². The van der Waals surface area contributed by atoms with Gasteiger partial charge in [0.25, 0.3) is 0 Å². The van der Waals surface area contributed by atoms with Crippen LogP contribution in [0.4, 0.5) is 0 Å². The molecule has 0 heterocycles. The van der Waals surface area contributed by atoms with E-state index in [1.54, 1.807) is 0 Å². The van der Waals surface area contributed by atoms with Crippen LogP contribution in [0.3, 0.4) is 0 Å². The molecule has 0 aliphatic heterocycles. The van der Waals surface area contributed by atoms with Gasteiger partial charge in [0.2, 0.25) is 11.8 Å². The lowest BCUT2D eigenvalue weighted by atomic mass is 9.79. The van der Waals surface area contributed by atoms with E-state index >= 15 is 0 Å². The summed E-state index contributed by atoms with van der Waals surface area (Å²) in [4.78, 5) is 23.6. The first-order valence-electron chi connectivity index (χ1n) is 6.40. The van der Waals surface area contributed by atoms with E-state index in [-0.39, 0.29) is 35.6 Å². The molecule has 4 heteroatoms. The van der Waals surface area contributed by atoms with Gasteiger partial charge in [-0.3, -0.25) is 9.59 Å². The Labute approximate surface area is 104 Å². The molecule has 1 unspecified atom stereocenters. The molecule has 0 saturated heterocycles. The van der Waals surface area contributed by atoms with Crippen molar-refractivity contribution in [3.8, 4) is 0 Å². The highest BCUT2D eigenvalue weighted by atomic mass is 16.2. The number of nitrogens with one attached hydrogen (secondary N) is 1. The summed E-state index contributed by atoms with van der Waals surface area (Å²) in [5.74, 6) is -1.01. The van der Waals surface area contributed by atoms with Crippen molar-refractivity contribution in [1.82, 2.24) is 5.32 Å². The number of primary amides is 1. The summed E-state index contributed by atoms with van der Waals surface area (Å²) in [6.45, 7) is 9.72. The lowest BCUT2D eigenvalue weighted by molar-refractivity contribution is -0.135. The number of nitrogens with two attached hydrogens (primary N) is 1. The van der Waals surface area contributed by atoms with Crippen LogP contribution >= 0.6 is 0 Å². The molecule has 2 atom stereocenters. The second kappa shape index (κ2) is 7.30. The van der Waals surface area contributed by atoms with Crippen LogP contribution in [0.25, 0.3) is 0 Å². The third-order valence-electron chi connectivity index (χ3n) is 2.85. The molecule has 0 aromatic carbocycles. The van der Waals surface area contributed by atoms with Crippen molar-refractivity contribution < 1.29 is 9.59 Å². The summed E-state index contributed by atoms with van der Waals surface area (Å²) in [5.41, 5.74) is 5.41. The largest absolute Gasteiger partial charge is 0.369 e. The number of rotatable bonds is 7. The lowest BCUT2D eigenvalue weighted by Crippen LogP contribution is -2.44. The maximum atomic E-state index is 12.1. The van der Waals surface area contributed by atoms with Gasteiger partial charge < -0.3 is 11.1 Å². The van der Waals surface area contributed by atoms with Crippen molar-refractivity contribution in [3.05, 3.63) is 0 Å². The van der Waals surface area contributed by atoms with E-state index in [1.165, 1.54) is 0 Å². The molecule has 0 spiro atoms. The van der Waals surface area contributed by atoms with Crippen molar-refractivity contribution >= 4 is 11.8 Å². The summed E-state index contributed by atoms with van der Waals surface area (Å²) in [5, 5.41) is 2.87. The molecule has 0 aromatic rings. The van der Waals surface area contributed by atoms with Crippen molar-refractivity contribution in [3.63, 3.8) is 0 Å². The van der Waals surface area contributed by atoms with E-state index in [1.807, 2.05) is 34.6 Å². The summed E-state index contributed by atoms with van der Waals surface area (Å²) in [6.07, 6.45) is 1.52. The molecule has 0 fully saturated rings. The average molecular weight is 242 g/mol. The van der Waals surface area contributed by atoms with Gasteiger partial charge in [0, 0.05) is 12.0 Å². The SMILES string of the molecule is CCC[C@H](C(N)=O)C(C(=O)NC(C)C)C(C)C. The van der Waals surface area contributed by atoms with Gasteiger partial charge in [0.1, 0.15) is 0 Å². The molecular formula is C13H26N2O2. The minimum Gasteiger partial charge on any atom is -0.369 e. The Morgan fingerprint density at radius 3 is 2.00 bits per heavy atom. The molecule has 0 aliphatic rings. The minimum absolute atomic E-state index is 0.0627. The Kier molecular flexibility index (Phi) is 6.85. The van der Waals surface area contributed by atoms with Crippen LogP contribution in [0.2, 0.25) is 0 Å². The zero-order valence-corrected chi connectivity index (χ0v) is 11.6. The molecule has 0 radical (unpaired) electrons. The van der Waals surface area contributed by atoms with Crippen LogP contribution in [-0.2, 0) is 9.59 Å². The van der Waals surface area contributed by atoms with Gasteiger partial charge in [-0.25, -0.2) is 0 Å². The quantitative estimate of drug-likeness (QED) is 0.713. The zero-order valence-electron chi connectivity index (χ0n) is 11.6. The number of carbonyl (C=O) groups is 2. The second-order valence-corrected chi connectivity index (χ2v) is 5.23. The van der Waals surface area contributed by atoms with Gasteiger partial charge in [-0.05, 0) is 26.2 Å². The van der Waals surface area contributed by atoms with Crippen LogP contribution in [-0.4, -0.2) is 17.9 Å². The van der Waals surface area contributed by atoms with E-state index in [0.717, 1.165) is 6.42 Å². The smallest absolute Gasteiger partial charge is 0.224 e. The first-order valence-corrected chi connectivity index (χ1v) is 6.40. The predicted octanol–water partition coefficient (Wildman–Crippen LogP) is 1.68. The Balaban J connectivity index is 4.91. The molecule has 4 nitrogen and oxygen atoms in total. The molecule has 0 aromatic heterocycles. The molecule has 17 heavy (non-hydrogen) atoms. The molecular weight excluding hydrogens is 216 g/mol. The molecule has 2 amide bonds. The first-order chi connectivity index (χ1) is 7.81. The normalized spacial score (nSPS) is 14.8. The van der Waals surface area contributed by atoms with Crippen LogP contribution in [0.15, 0.2) is 0 Å². The van der Waals surface area contributed by atoms with Gasteiger partial charge >= 0.3 is 0 Å². The Bertz CT molecular complexity index is 262. The van der Waals surface area contributed by atoms with Crippen LogP contribution in [0.1, 0.15) is 47.5 Å². The highest BCUT2D eigenvalue weighted by molar-refractivity contribution is 5.87. The molecule has 0 rings (SSSR count). The fraction of sp³-hybridized carbons (Fsp3) is 0.846. The standard InChI is InChI=1S/C13H26N2O2/c1-6-7-10(12(14)16)11(8(2)3)13(17)15-9(4)5/h8-11H,6-7H2,1-5H3,(H2,14,16)(H,15,17)/t10-,11?/m0/s1. The summed E-state index contributed by atoms with van der Waals surface area (Å²) in [7, 11) is 0. The number of hydrogen-bond acceptors (Lipinski definition) is 2. The van der Waals surface area contributed by atoms with Gasteiger partial charge in [-0.2, -0.15) is 0 Å². The molecule has 100 valence electrons. The minimum atomic E-state index is -0.371. The van der Waals surface area contributed by atoms with Gasteiger partial charge in [-0.15, -0.1) is 0 Å². The van der Waals surface area contributed by atoms with E-state index in [2.05, 4.69) is 5.32 Å². The molecule has 3 N–H and O–H groups in total. The Hall–Kier alpha value is -1.06. The monoisotopic (exact) mass is 242 g/mol. The lowest BCUT2D eigenvalue weighted by Gasteiger charge is -2.27. The second-order valence-electron chi connectivity index (χ2n) is 5.23. The van der Waals surface area contributed by atoms with Crippen LogP contribution in [0, 0.1) is 17.8 Å². The highest BCUT2D eigenvalue weighted by Crippen LogP contribution is 2.25. The van der Waals surface area contributed by atoms with Gasteiger partial charge in [0.15, 0.2) is 0 Å².